The molecule has 0 unspecified atom stereocenters. The SMILES string of the molecule is FB(F)F.N[C@@H](c1ccccc1)[C@H](c1ccccc1)P(c1ccccc1)c1ccccc1.[F-].[H+]. The summed E-state index contributed by atoms with van der Waals surface area (Å²) in [4.78, 5) is 0. The third-order valence-electron chi connectivity index (χ3n) is 5.01. The monoisotopic (exact) mass is 469 g/mol. The summed E-state index contributed by atoms with van der Waals surface area (Å²) in [6.45, 7) is 0. The molecule has 0 saturated carbocycles. The molecule has 0 spiro atoms. The second-order valence-corrected chi connectivity index (χ2v) is 9.41. The van der Waals surface area contributed by atoms with Crippen LogP contribution >= 0.6 is 7.92 Å². The summed E-state index contributed by atoms with van der Waals surface area (Å²) in [7, 11) is -4.35. The van der Waals surface area contributed by atoms with E-state index in [9.17, 15) is 12.9 Å². The summed E-state index contributed by atoms with van der Waals surface area (Å²) < 4.78 is 29.0. The Hall–Kier alpha value is -2.95. The molecule has 0 fully saturated rings. The highest BCUT2D eigenvalue weighted by atomic mass is 31.1. The van der Waals surface area contributed by atoms with Crippen LogP contribution in [0.5, 0.6) is 0 Å². The molecule has 0 heterocycles. The topological polar surface area (TPSA) is 26.0 Å². The Kier molecular flexibility index (Phi) is 10.8. The fourth-order valence-corrected chi connectivity index (χ4v) is 6.56. The Balaban J connectivity index is 0.000000895. The van der Waals surface area contributed by atoms with Crippen molar-refractivity contribution < 1.29 is 19.1 Å². The van der Waals surface area contributed by atoms with Gasteiger partial charge in [-0.05, 0) is 29.7 Å². The van der Waals surface area contributed by atoms with E-state index in [0.717, 1.165) is 0 Å². The van der Waals surface area contributed by atoms with E-state index in [1.165, 1.54) is 21.7 Å². The van der Waals surface area contributed by atoms with E-state index in [-0.39, 0.29) is 17.8 Å². The normalized spacial score (nSPS) is 12.0. The van der Waals surface area contributed by atoms with Crippen molar-refractivity contribution in [2.75, 3.05) is 0 Å². The zero-order chi connectivity index (χ0) is 22.8. The first-order chi connectivity index (χ1) is 15.6. The Bertz CT molecular complexity index is 1010. The van der Waals surface area contributed by atoms with Crippen LogP contribution in [0.2, 0.25) is 0 Å². The van der Waals surface area contributed by atoms with Crippen LogP contribution in [0, 0.1) is 0 Å². The molecule has 1 nitrogen and oxygen atoms in total. The summed E-state index contributed by atoms with van der Waals surface area (Å²) in [5.41, 5.74) is 9.61. The van der Waals surface area contributed by atoms with Gasteiger partial charge < -0.3 is 10.4 Å². The van der Waals surface area contributed by atoms with Crippen LogP contribution in [0.25, 0.3) is 0 Å². The number of halogens is 4. The van der Waals surface area contributed by atoms with Gasteiger partial charge in [0.05, 0.1) is 0 Å². The first kappa shape index (κ1) is 26.3. The third kappa shape index (κ3) is 7.56. The molecule has 0 aliphatic rings. The van der Waals surface area contributed by atoms with Gasteiger partial charge >= 0.3 is 8.97 Å². The Morgan fingerprint density at radius 1 is 0.576 bits per heavy atom. The van der Waals surface area contributed by atoms with Crippen LogP contribution in [-0.2, 0) is 0 Å². The minimum absolute atomic E-state index is 0. The van der Waals surface area contributed by atoms with Crippen molar-refractivity contribution in [2.45, 2.75) is 11.7 Å². The van der Waals surface area contributed by atoms with E-state index in [4.69, 9.17) is 5.73 Å². The van der Waals surface area contributed by atoms with Crippen LogP contribution < -0.4 is 21.0 Å². The third-order valence-corrected chi connectivity index (χ3v) is 7.90. The highest BCUT2D eigenvalue weighted by Gasteiger charge is 2.31. The molecule has 0 aromatic heterocycles. The molecule has 0 amide bonds. The highest BCUT2D eigenvalue weighted by Crippen LogP contribution is 2.54. The van der Waals surface area contributed by atoms with Crippen LogP contribution in [-0.4, -0.2) is 7.54 Å². The lowest BCUT2D eigenvalue weighted by atomic mass is 9.99. The zero-order valence-corrected chi connectivity index (χ0v) is 18.7. The van der Waals surface area contributed by atoms with E-state index in [1.54, 1.807) is 0 Å². The average molecular weight is 469 g/mol. The summed E-state index contributed by atoms with van der Waals surface area (Å²) in [6, 6.07) is 42.8. The molecule has 2 atom stereocenters. The van der Waals surface area contributed by atoms with E-state index < -0.39 is 15.5 Å². The van der Waals surface area contributed by atoms with Gasteiger partial charge in [0.1, 0.15) is 0 Å². The molecule has 0 bridgehead atoms. The van der Waals surface area contributed by atoms with E-state index >= 15 is 0 Å². The molecule has 0 radical (unpaired) electrons. The van der Waals surface area contributed by atoms with Gasteiger partial charge in [0, 0.05) is 11.7 Å². The Morgan fingerprint density at radius 2 is 0.879 bits per heavy atom. The lowest BCUT2D eigenvalue weighted by molar-refractivity contribution is -0.00000910. The lowest BCUT2D eigenvalue weighted by Gasteiger charge is -2.34. The van der Waals surface area contributed by atoms with Gasteiger partial charge in [-0.25, -0.2) is 0 Å². The quantitative estimate of drug-likeness (QED) is 0.261. The molecule has 0 aliphatic heterocycles. The largest absolute Gasteiger partial charge is 1.00 e. The van der Waals surface area contributed by atoms with Crippen LogP contribution in [0.1, 0.15) is 24.3 Å². The molecular formula is C26H25BF4NP. The number of nitrogens with two attached hydrogens (primary N) is 1. The second-order valence-electron chi connectivity index (χ2n) is 7.08. The standard InChI is InChI=1S/C26H24NP.BF3.FH/c27-25(21-13-5-1-6-14-21)26(22-15-7-2-8-16-22)28(23-17-9-3-10-18-23)24-19-11-4-12-20-24;2-1(3)4;/h1-20,25-26H,27H2;;1H/t25-,26-;;/m0../s1. The van der Waals surface area contributed by atoms with Gasteiger partial charge in [-0.15, -0.1) is 0 Å². The van der Waals surface area contributed by atoms with Crippen molar-refractivity contribution in [1.29, 1.82) is 0 Å². The minimum Gasteiger partial charge on any atom is -1.00 e. The number of hydrogen-bond acceptors (Lipinski definition) is 1. The Labute approximate surface area is 195 Å². The second kappa shape index (κ2) is 13.6. The van der Waals surface area contributed by atoms with Crippen LogP contribution in [0.3, 0.4) is 0 Å². The molecule has 0 aliphatic carbocycles. The van der Waals surface area contributed by atoms with E-state index in [2.05, 4.69) is 115 Å². The zero-order valence-electron chi connectivity index (χ0n) is 18.8. The maximum atomic E-state index is 9.67. The molecule has 0 saturated heterocycles. The molecule has 4 rings (SSSR count). The van der Waals surface area contributed by atoms with E-state index in [0.29, 0.717) is 0 Å². The molecule has 2 N–H and O–H groups in total. The summed E-state index contributed by atoms with van der Waals surface area (Å²) in [6.07, 6.45) is 0. The Morgan fingerprint density at radius 3 is 1.24 bits per heavy atom. The van der Waals surface area contributed by atoms with Gasteiger partial charge in [0.15, 0.2) is 0 Å². The predicted octanol–water partition coefficient (Wildman–Crippen LogP) is 3.56. The van der Waals surface area contributed by atoms with Crippen molar-refractivity contribution in [3.63, 3.8) is 0 Å². The maximum absolute atomic E-state index is 9.67. The maximum Gasteiger partial charge on any atom is 1.00 e. The number of rotatable bonds is 6. The smallest absolute Gasteiger partial charge is 1.00 e. The van der Waals surface area contributed by atoms with Crippen molar-refractivity contribution in [3.8, 4) is 0 Å². The molecule has 33 heavy (non-hydrogen) atoms. The molecule has 7 heteroatoms. The first-order valence-electron chi connectivity index (χ1n) is 10.2. The number of hydrogen-bond donors (Lipinski definition) is 1. The fraction of sp³-hybridized carbons (Fsp3) is 0.0769. The van der Waals surface area contributed by atoms with Gasteiger partial charge in [-0.3, -0.25) is 12.9 Å². The molecule has 170 valence electrons. The van der Waals surface area contributed by atoms with Gasteiger partial charge in [0.25, 0.3) is 0 Å². The van der Waals surface area contributed by atoms with E-state index in [1.807, 2.05) is 6.07 Å². The van der Waals surface area contributed by atoms with Crippen molar-refractivity contribution in [3.05, 3.63) is 132 Å². The highest BCUT2D eigenvalue weighted by molar-refractivity contribution is 7.73. The van der Waals surface area contributed by atoms with Crippen molar-refractivity contribution in [1.82, 2.24) is 0 Å². The van der Waals surface area contributed by atoms with Gasteiger partial charge in [0.2, 0.25) is 0 Å². The predicted molar refractivity (Wildman–Crippen MR) is 132 cm³/mol. The lowest BCUT2D eigenvalue weighted by Crippen LogP contribution is -3.00. The molecular weight excluding hydrogens is 444 g/mol. The summed E-state index contributed by atoms with van der Waals surface area (Å²) in [5.74, 6) is 0. The number of benzene rings is 4. The van der Waals surface area contributed by atoms with Gasteiger partial charge in [-0.1, -0.05) is 121 Å². The summed E-state index contributed by atoms with van der Waals surface area (Å²) >= 11 is 0. The molecule has 4 aromatic rings. The van der Waals surface area contributed by atoms with Crippen LogP contribution in [0.15, 0.2) is 121 Å². The molecule has 4 aromatic carbocycles. The van der Waals surface area contributed by atoms with Crippen molar-refractivity contribution >= 4 is 26.1 Å². The minimum atomic E-state index is -3.67. The first-order valence-corrected chi connectivity index (χ1v) is 11.7. The van der Waals surface area contributed by atoms with Crippen molar-refractivity contribution in [2.24, 2.45) is 5.73 Å². The fourth-order valence-electron chi connectivity index (χ4n) is 3.67. The van der Waals surface area contributed by atoms with Gasteiger partial charge in [-0.2, -0.15) is 0 Å². The summed E-state index contributed by atoms with van der Waals surface area (Å²) in [5, 5.41) is 2.70. The van der Waals surface area contributed by atoms with Crippen LogP contribution in [0.4, 0.5) is 12.9 Å². The average Bonchev–Trinajstić information content (AvgIpc) is 2.84.